The molecule has 0 unspecified atom stereocenters. The molecule has 0 heterocycles. The van der Waals surface area contributed by atoms with E-state index in [9.17, 15) is 4.79 Å². The van der Waals surface area contributed by atoms with Gasteiger partial charge in [-0.05, 0) is 36.5 Å². The van der Waals surface area contributed by atoms with Gasteiger partial charge in [-0.2, -0.15) is 0 Å². The van der Waals surface area contributed by atoms with Crippen LogP contribution in [0.2, 0.25) is 0 Å². The molecule has 1 aromatic carbocycles. The Morgan fingerprint density at radius 2 is 1.88 bits per heavy atom. The quantitative estimate of drug-likeness (QED) is 0.839. The van der Waals surface area contributed by atoms with Crippen LogP contribution in [0.4, 0.5) is 0 Å². The Balaban J connectivity index is 1.95. The summed E-state index contributed by atoms with van der Waals surface area (Å²) >= 11 is 0. The summed E-state index contributed by atoms with van der Waals surface area (Å²) in [6.45, 7) is 4.26. The Morgan fingerprint density at radius 1 is 1.29 bits per heavy atom. The van der Waals surface area contributed by atoms with Crippen LogP contribution in [-0.2, 0) is 0 Å². The number of rotatable bonds is 3. The molecule has 2 rings (SSSR count). The Bertz CT molecular complexity index is 391. The van der Waals surface area contributed by atoms with E-state index < -0.39 is 0 Å². The molecule has 0 aliphatic heterocycles. The van der Waals surface area contributed by atoms with Gasteiger partial charge in [0.25, 0.3) is 5.91 Å². The summed E-state index contributed by atoms with van der Waals surface area (Å²) in [6, 6.07) is 7.85. The van der Waals surface area contributed by atoms with Crippen LogP contribution in [0.15, 0.2) is 24.3 Å². The highest BCUT2D eigenvalue weighted by Gasteiger charge is 2.28. The topological polar surface area (TPSA) is 49.3 Å². The minimum atomic E-state index is -0.233. The van der Waals surface area contributed by atoms with Crippen molar-refractivity contribution in [3.63, 3.8) is 0 Å². The van der Waals surface area contributed by atoms with E-state index in [1.54, 1.807) is 0 Å². The van der Waals surface area contributed by atoms with Crippen LogP contribution < -0.4 is 5.32 Å². The summed E-state index contributed by atoms with van der Waals surface area (Å²) in [6.07, 6.45) is 1.12. The number of nitrogens with one attached hydrogen (secondary N) is 1. The molecule has 1 aromatic rings. The third-order valence-electron chi connectivity index (χ3n) is 3.29. The lowest BCUT2D eigenvalue weighted by Crippen LogP contribution is -2.46. The van der Waals surface area contributed by atoms with Crippen molar-refractivity contribution in [3.05, 3.63) is 35.4 Å². The first-order valence-corrected chi connectivity index (χ1v) is 6.15. The third-order valence-corrected chi connectivity index (χ3v) is 3.29. The van der Waals surface area contributed by atoms with E-state index in [4.69, 9.17) is 5.11 Å². The second-order valence-electron chi connectivity index (χ2n) is 5.07. The lowest BCUT2D eigenvalue weighted by molar-refractivity contribution is 0.0562. The molecule has 1 amide bonds. The molecule has 1 fully saturated rings. The molecule has 0 aromatic heterocycles. The highest BCUT2D eigenvalue weighted by molar-refractivity contribution is 5.94. The maximum absolute atomic E-state index is 11.8. The lowest BCUT2D eigenvalue weighted by Gasteiger charge is -2.31. The molecule has 1 aliphatic carbocycles. The summed E-state index contributed by atoms with van der Waals surface area (Å²) in [5.41, 5.74) is 1.93. The minimum Gasteiger partial charge on any atom is -0.393 e. The fourth-order valence-corrected chi connectivity index (χ4v) is 1.99. The predicted molar refractivity (Wildman–Crippen MR) is 67.0 cm³/mol. The summed E-state index contributed by atoms with van der Waals surface area (Å²) in [5, 5.41) is 12.1. The van der Waals surface area contributed by atoms with E-state index in [1.807, 2.05) is 24.3 Å². The van der Waals surface area contributed by atoms with Gasteiger partial charge in [0.2, 0.25) is 0 Å². The van der Waals surface area contributed by atoms with Crippen LogP contribution in [0.25, 0.3) is 0 Å². The maximum atomic E-state index is 11.8. The van der Waals surface area contributed by atoms with Crippen molar-refractivity contribution < 1.29 is 9.90 Å². The van der Waals surface area contributed by atoms with Crippen LogP contribution >= 0.6 is 0 Å². The number of hydrogen-bond acceptors (Lipinski definition) is 2. The van der Waals surface area contributed by atoms with Crippen molar-refractivity contribution in [2.45, 2.75) is 44.8 Å². The molecular weight excluding hydrogens is 214 g/mol. The Morgan fingerprint density at radius 3 is 2.35 bits per heavy atom. The molecule has 2 N–H and O–H groups in total. The monoisotopic (exact) mass is 233 g/mol. The Labute approximate surface area is 102 Å². The standard InChI is InChI=1S/C14H19NO2/c1-9(2)10-3-5-11(6-4-10)14(17)15-12-7-13(16)8-12/h3-6,9,12-13,16H,7-8H2,1-2H3,(H,15,17). The van der Waals surface area contributed by atoms with Gasteiger partial charge < -0.3 is 10.4 Å². The molecule has 3 heteroatoms. The first-order chi connectivity index (χ1) is 8.06. The number of carbonyl (C=O) groups excluding carboxylic acids is 1. The molecule has 0 saturated heterocycles. The first-order valence-electron chi connectivity index (χ1n) is 6.15. The zero-order chi connectivity index (χ0) is 12.4. The summed E-state index contributed by atoms with van der Waals surface area (Å²) in [5.74, 6) is 0.436. The van der Waals surface area contributed by atoms with Gasteiger partial charge in [0.05, 0.1) is 6.10 Å². The summed E-state index contributed by atoms with van der Waals surface area (Å²) in [4.78, 5) is 11.8. The Hall–Kier alpha value is -1.35. The van der Waals surface area contributed by atoms with Crippen LogP contribution in [0.3, 0.4) is 0 Å². The second-order valence-corrected chi connectivity index (χ2v) is 5.07. The predicted octanol–water partition coefficient (Wildman–Crippen LogP) is 2.06. The molecule has 1 saturated carbocycles. The molecule has 1 aliphatic rings. The van der Waals surface area contributed by atoms with Crippen LogP contribution in [0.1, 0.15) is 48.5 Å². The number of benzene rings is 1. The highest BCUT2D eigenvalue weighted by Crippen LogP contribution is 2.20. The van der Waals surface area contributed by atoms with Gasteiger partial charge in [0, 0.05) is 11.6 Å². The van der Waals surface area contributed by atoms with Crippen LogP contribution in [-0.4, -0.2) is 23.2 Å². The fourth-order valence-electron chi connectivity index (χ4n) is 1.99. The molecule has 3 nitrogen and oxygen atoms in total. The summed E-state index contributed by atoms with van der Waals surface area (Å²) in [7, 11) is 0. The van der Waals surface area contributed by atoms with Gasteiger partial charge in [-0.3, -0.25) is 4.79 Å². The van der Waals surface area contributed by atoms with Crippen molar-refractivity contribution in [3.8, 4) is 0 Å². The van der Waals surface area contributed by atoms with Crippen molar-refractivity contribution in [2.75, 3.05) is 0 Å². The average molecular weight is 233 g/mol. The molecule has 0 atom stereocenters. The van der Waals surface area contributed by atoms with Crippen molar-refractivity contribution in [2.24, 2.45) is 0 Å². The van der Waals surface area contributed by atoms with Crippen molar-refractivity contribution >= 4 is 5.91 Å². The van der Waals surface area contributed by atoms with E-state index in [2.05, 4.69) is 19.2 Å². The number of carbonyl (C=O) groups is 1. The van der Waals surface area contributed by atoms with Gasteiger partial charge in [-0.15, -0.1) is 0 Å². The molecule has 17 heavy (non-hydrogen) atoms. The molecular formula is C14H19NO2. The third kappa shape index (κ3) is 2.86. The number of aliphatic hydroxyl groups is 1. The van der Waals surface area contributed by atoms with Crippen molar-refractivity contribution in [1.29, 1.82) is 0 Å². The lowest BCUT2D eigenvalue weighted by atomic mass is 9.89. The molecule has 0 radical (unpaired) electrons. The van der Waals surface area contributed by atoms with E-state index >= 15 is 0 Å². The van der Waals surface area contributed by atoms with Crippen LogP contribution in [0, 0.1) is 0 Å². The van der Waals surface area contributed by atoms with Gasteiger partial charge in [0.1, 0.15) is 0 Å². The number of aliphatic hydroxyl groups excluding tert-OH is 1. The average Bonchev–Trinajstić information content (AvgIpc) is 2.27. The minimum absolute atomic E-state index is 0.0443. The number of amides is 1. The second kappa shape index (κ2) is 4.88. The first kappa shape index (κ1) is 12.1. The van der Waals surface area contributed by atoms with E-state index in [0.29, 0.717) is 24.3 Å². The fraction of sp³-hybridized carbons (Fsp3) is 0.500. The SMILES string of the molecule is CC(C)c1ccc(C(=O)NC2CC(O)C2)cc1. The van der Waals surface area contributed by atoms with E-state index in [0.717, 1.165) is 0 Å². The molecule has 92 valence electrons. The zero-order valence-corrected chi connectivity index (χ0v) is 10.3. The maximum Gasteiger partial charge on any atom is 0.251 e. The number of hydrogen-bond donors (Lipinski definition) is 2. The van der Waals surface area contributed by atoms with E-state index in [-0.39, 0.29) is 18.1 Å². The smallest absolute Gasteiger partial charge is 0.251 e. The van der Waals surface area contributed by atoms with Gasteiger partial charge in [-0.25, -0.2) is 0 Å². The summed E-state index contributed by atoms with van der Waals surface area (Å²) < 4.78 is 0. The zero-order valence-electron chi connectivity index (χ0n) is 10.3. The largest absolute Gasteiger partial charge is 0.393 e. The van der Waals surface area contributed by atoms with Gasteiger partial charge in [-0.1, -0.05) is 26.0 Å². The van der Waals surface area contributed by atoms with Gasteiger partial charge >= 0.3 is 0 Å². The van der Waals surface area contributed by atoms with Crippen LogP contribution in [0.5, 0.6) is 0 Å². The van der Waals surface area contributed by atoms with Gasteiger partial charge in [0.15, 0.2) is 0 Å². The van der Waals surface area contributed by atoms with E-state index in [1.165, 1.54) is 5.56 Å². The Kier molecular flexibility index (Phi) is 3.48. The molecule has 0 spiro atoms. The molecule has 0 bridgehead atoms. The normalized spacial score (nSPS) is 23.3. The van der Waals surface area contributed by atoms with Crippen molar-refractivity contribution in [1.82, 2.24) is 5.32 Å². The highest BCUT2D eigenvalue weighted by atomic mass is 16.3.